The number of benzene rings is 2. The third-order valence-corrected chi connectivity index (χ3v) is 6.63. The molecule has 2 aromatic carbocycles. The van der Waals surface area contributed by atoms with Gasteiger partial charge in [-0.15, -0.1) is 5.10 Å². The Labute approximate surface area is 193 Å². The minimum atomic E-state index is 0.543. The molecule has 0 unspecified atom stereocenters. The van der Waals surface area contributed by atoms with Gasteiger partial charge in [0.05, 0.1) is 23.9 Å². The molecule has 0 saturated carbocycles. The van der Waals surface area contributed by atoms with Crippen LogP contribution in [0.25, 0.3) is 33.5 Å². The Morgan fingerprint density at radius 3 is 2.67 bits per heavy atom. The molecule has 0 radical (unpaired) electrons. The van der Waals surface area contributed by atoms with Crippen LogP contribution in [-0.2, 0) is 5.75 Å². The summed E-state index contributed by atoms with van der Waals surface area (Å²) in [5, 5.41) is 6.22. The van der Waals surface area contributed by atoms with Crippen molar-refractivity contribution in [2.45, 2.75) is 24.8 Å². The van der Waals surface area contributed by atoms with Crippen molar-refractivity contribution >= 4 is 39.5 Å². The summed E-state index contributed by atoms with van der Waals surface area (Å²) in [6.45, 7) is 4.17. The van der Waals surface area contributed by atoms with E-state index in [-0.39, 0.29) is 0 Å². The van der Waals surface area contributed by atoms with Gasteiger partial charge in [0.2, 0.25) is 0 Å². The molecular weight excluding hydrogens is 436 g/mol. The Kier molecular flexibility index (Phi) is 4.58. The third kappa shape index (κ3) is 3.15. The third-order valence-electron chi connectivity index (χ3n) is 5.80. The molecule has 4 heterocycles. The smallest absolute Gasteiger partial charge is 0.257 e. The molecule has 0 atom stereocenters. The van der Waals surface area contributed by atoms with Gasteiger partial charge in [0.1, 0.15) is 17.6 Å². The summed E-state index contributed by atoms with van der Waals surface area (Å²) in [4.78, 5) is 14.1. The maximum absolute atomic E-state index is 5.81. The number of aryl methyl sites for hydroxylation is 1. The van der Waals surface area contributed by atoms with Gasteiger partial charge in [-0.3, -0.25) is 4.57 Å². The zero-order chi connectivity index (χ0) is 22.5. The van der Waals surface area contributed by atoms with Crippen LogP contribution in [0, 0.1) is 13.8 Å². The number of nitrogens with zero attached hydrogens (tertiary/aromatic N) is 6. The van der Waals surface area contributed by atoms with Crippen molar-refractivity contribution in [2.75, 3.05) is 7.11 Å². The van der Waals surface area contributed by atoms with Crippen LogP contribution in [0.1, 0.15) is 17.1 Å². The van der Waals surface area contributed by atoms with Crippen molar-refractivity contribution < 1.29 is 9.15 Å². The summed E-state index contributed by atoms with van der Waals surface area (Å²) in [5.74, 6) is 2.02. The molecule has 4 aromatic heterocycles. The molecule has 0 bridgehead atoms. The number of ether oxygens (including phenoxy) is 1. The normalized spacial score (nSPS) is 11.7. The standard InChI is InChI=1S/C24H20N6O2S/c1-14-15(2)30(17-9-5-7-11-19(17)31-3)22-21(14)23-27-20(28-29(23)13-25-22)12-33-24-26-16-8-4-6-10-18(16)32-24/h4-11,13H,12H2,1-3H3. The lowest BCUT2D eigenvalue weighted by atomic mass is 10.2. The average Bonchev–Trinajstić information content (AvgIpc) is 3.51. The lowest BCUT2D eigenvalue weighted by molar-refractivity contribution is 0.413. The molecule has 6 rings (SSSR count). The number of oxazole rings is 1. The number of aromatic nitrogens is 6. The van der Waals surface area contributed by atoms with Gasteiger partial charge in [0.25, 0.3) is 5.22 Å². The first kappa shape index (κ1) is 19.8. The number of hydrogen-bond acceptors (Lipinski definition) is 7. The Morgan fingerprint density at radius 1 is 1.00 bits per heavy atom. The number of fused-ring (bicyclic) bond motifs is 4. The second kappa shape index (κ2) is 7.63. The molecule has 9 heteroatoms. The van der Waals surface area contributed by atoms with Gasteiger partial charge in [-0.25, -0.2) is 19.5 Å². The van der Waals surface area contributed by atoms with Gasteiger partial charge < -0.3 is 9.15 Å². The van der Waals surface area contributed by atoms with Gasteiger partial charge in [0, 0.05) is 5.69 Å². The van der Waals surface area contributed by atoms with E-state index in [0.29, 0.717) is 16.8 Å². The lowest BCUT2D eigenvalue weighted by Gasteiger charge is -2.12. The largest absolute Gasteiger partial charge is 0.495 e. The molecular formula is C24H20N6O2S. The van der Waals surface area contributed by atoms with Gasteiger partial charge in [0.15, 0.2) is 22.7 Å². The first-order valence-corrected chi connectivity index (χ1v) is 11.5. The van der Waals surface area contributed by atoms with E-state index in [2.05, 4.69) is 28.5 Å². The van der Waals surface area contributed by atoms with Gasteiger partial charge >= 0.3 is 0 Å². The topological polar surface area (TPSA) is 83.3 Å². The number of methoxy groups -OCH3 is 1. The highest BCUT2D eigenvalue weighted by molar-refractivity contribution is 7.98. The second-order valence-electron chi connectivity index (χ2n) is 7.69. The molecule has 6 aromatic rings. The van der Waals surface area contributed by atoms with Gasteiger partial charge in [-0.2, -0.15) is 0 Å². The van der Waals surface area contributed by atoms with E-state index in [1.807, 2.05) is 48.5 Å². The molecule has 0 amide bonds. The first-order valence-electron chi connectivity index (χ1n) is 10.5. The van der Waals surface area contributed by atoms with Crippen LogP contribution in [0.5, 0.6) is 5.75 Å². The van der Waals surface area contributed by atoms with Crippen LogP contribution in [0.4, 0.5) is 0 Å². The Balaban J connectivity index is 1.41. The summed E-state index contributed by atoms with van der Waals surface area (Å²) >= 11 is 1.48. The fraction of sp³-hybridized carbons (Fsp3) is 0.167. The Morgan fingerprint density at radius 2 is 1.82 bits per heavy atom. The predicted octanol–water partition coefficient (Wildman–Crippen LogP) is 5.13. The second-order valence-corrected chi connectivity index (χ2v) is 8.62. The fourth-order valence-electron chi connectivity index (χ4n) is 4.11. The van der Waals surface area contributed by atoms with Crippen LogP contribution in [0.2, 0.25) is 0 Å². The van der Waals surface area contributed by atoms with Crippen molar-refractivity contribution in [3.8, 4) is 11.4 Å². The minimum Gasteiger partial charge on any atom is -0.495 e. The number of rotatable bonds is 5. The SMILES string of the molecule is COc1ccccc1-n1c(C)c(C)c2c1ncn1nc(CSc3nc4ccccc4o3)nc21. The van der Waals surface area contributed by atoms with Gasteiger partial charge in [-0.1, -0.05) is 36.0 Å². The molecule has 33 heavy (non-hydrogen) atoms. The molecule has 0 aliphatic rings. The van der Waals surface area contributed by atoms with E-state index < -0.39 is 0 Å². The maximum atomic E-state index is 5.81. The monoisotopic (exact) mass is 456 g/mol. The van der Waals surface area contributed by atoms with Crippen molar-refractivity contribution in [3.05, 3.63) is 71.9 Å². The molecule has 0 aliphatic heterocycles. The zero-order valence-corrected chi connectivity index (χ0v) is 19.1. The summed E-state index contributed by atoms with van der Waals surface area (Å²) in [7, 11) is 1.68. The molecule has 0 N–H and O–H groups in total. The maximum Gasteiger partial charge on any atom is 0.257 e. The van der Waals surface area contributed by atoms with Crippen molar-refractivity contribution in [3.63, 3.8) is 0 Å². The van der Waals surface area contributed by atoms with Crippen LogP contribution < -0.4 is 4.74 Å². The summed E-state index contributed by atoms with van der Waals surface area (Å²) in [5.41, 5.74) is 6.36. The molecule has 0 saturated heterocycles. The van der Waals surface area contributed by atoms with Crippen molar-refractivity contribution in [1.29, 1.82) is 0 Å². The molecule has 8 nitrogen and oxygen atoms in total. The quantitative estimate of drug-likeness (QED) is 0.333. The number of hydrogen-bond donors (Lipinski definition) is 0. The van der Waals surface area contributed by atoms with E-state index in [1.54, 1.807) is 18.0 Å². The lowest BCUT2D eigenvalue weighted by Crippen LogP contribution is -2.01. The van der Waals surface area contributed by atoms with Gasteiger partial charge in [-0.05, 0) is 43.7 Å². The number of para-hydroxylation sites is 4. The zero-order valence-electron chi connectivity index (χ0n) is 18.3. The Bertz CT molecular complexity index is 1610. The highest BCUT2D eigenvalue weighted by atomic mass is 32.2. The van der Waals surface area contributed by atoms with Crippen LogP contribution in [0.15, 0.2) is 64.5 Å². The first-order chi connectivity index (χ1) is 16.1. The van der Waals surface area contributed by atoms with E-state index >= 15 is 0 Å². The highest BCUT2D eigenvalue weighted by Crippen LogP contribution is 2.33. The summed E-state index contributed by atoms with van der Waals surface area (Å²) < 4.78 is 15.3. The van der Waals surface area contributed by atoms with Crippen molar-refractivity contribution in [1.82, 2.24) is 29.1 Å². The summed E-state index contributed by atoms with van der Waals surface area (Å²) in [6, 6.07) is 15.7. The molecule has 164 valence electrons. The fourth-order valence-corrected chi connectivity index (χ4v) is 4.80. The van der Waals surface area contributed by atoms with Crippen molar-refractivity contribution in [2.24, 2.45) is 0 Å². The highest BCUT2D eigenvalue weighted by Gasteiger charge is 2.20. The molecule has 0 aliphatic carbocycles. The molecule has 0 spiro atoms. The van der Waals surface area contributed by atoms with E-state index in [1.165, 1.54) is 11.8 Å². The van der Waals surface area contributed by atoms with E-state index in [9.17, 15) is 0 Å². The minimum absolute atomic E-state index is 0.543. The summed E-state index contributed by atoms with van der Waals surface area (Å²) in [6.07, 6.45) is 1.71. The van der Waals surface area contributed by atoms with Crippen LogP contribution in [-0.4, -0.2) is 36.2 Å². The number of thioether (sulfide) groups is 1. The van der Waals surface area contributed by atoms with Crippen LogP contribution in [0.3, 0.4) is 0 Å². The average molecular weight is 457 g/mol. The van der Waals surface area contributed by atoms with Crippen LogP contribution >= 0.6 is 11.8 Å². The van der Waals surface area contributed by atoms with E-state index in [0.717, 1.165) is 50.5 Å². The predicted molar refractivity (Wildman–Crippen MR) is 127 cm³/mol. The van der Waals surface area contributed by atoms with E-state index in [4.69, 9.17) is 19.1 Å². The molecule has 0 fully saturated rings. The Hall–Kier alpha value is -3.85.